The number of ether oxygens (including phenoxy) is 2. The van der Waals surface area contributed by atoms with Crippen molar-refractivity contribution in [2.75, 3.05) is 0 Å². The number of aryl methyl sites for hydroxylation is 1. The van der Waals surface area contributed by atoms with E-state index in [4.69, 9.17) is 21.1 Å². The van der Waals surface area contributed by atoms with Crippen LogP contribution >= 0.6 is 11.6 Å². The Balaban J connectivity index is 1.61. The second-order valence-electron chi connectivity index (χ2n) is 5.71. The van der Waals surface area contributed by atoms with E-state index in [1.54, 1.807) is 6.92 Å². The molecule has 4 nitrogen and oxygen atoms in total. The fraction of sp³-hybridized carbons (Fsp3) is 0.150. The Morgan fingerprint density at radius 1 is 1.28 bits per heavy atom. The third-order valence-electron chi connectivity index (χ3n) is 3.79. The molecule has 0 saturated heterocycles. The topological polar surface area (TPSA) is 55.8 Å². The van der Waals surface area contributed by atoms with Crippen LogP contribution in [0, 0.1) is 6.92 Å². The first kappa shape index (κ1) is 17.1. The number of rotatable bonds is 5. The summed E-state index contributed by atoms with van der Waals surface area (Å²) in [6, 6.07) is 12.8. The van der Waals surface area contributed by atoms with Crippen LogP contribution in [0.4, 0.5) is 0 Å². The minimum Gasteiger partial charge on any atom is -0.507 e. The lowest BCUT2D eigenvalue weighted by Crippen LogP contribution is -2.11. The Labute approximate surface area is 151 Å². The maximum Gasteiger partial charge on any atom is 0.244 e. The molecule has 0 radical (unpaired) electrons. The minimum absolute atomic E-state index is 0.101. The lowest BCUT2D eigenvalue weighted by Gasteiger charge is -2.10. The monoisotopic (exact) mass is 356 g/mol. The third-order valence-corrected chi connectivity index (χ3v) is 4.20. The predicted molar refractivity (Wildman–Crippen MR) is 95.5 cm³/mol. The molecule has 25 heavy (non-hydrogen) atoms. The lowest BCUT2D eigenvalue weighted by molar-refractivity contribution is -0.0269. The number of carbonyl (C=O) groups is 1. The highest BCUT2D eigenvalue weighted by Gasteiger charge is 2.19. The van der Waals surface area contributed by atoms with Gasteiger partial charge in [0.15, 0.2) is 11.5 Å². The van der Waals surface area contributed by atoms with Crippen LogP contribution in [0.3, 0.4) is 0 Å². The number of halogens is 1. The molecule has 0 amide bonds. The number of hydrogen-bond donors (Lipinski definition) is 1. The molecule has 1 heterocycles. The van der Waals surface area contributed by atoms with Gasteiger partial charge < -0.3 is 14.6 Å². The highest BCUT2D eigenvalue weighted by Crippen LogP contribution is 2.26. The normalized spacial score (nSPS) is 16.4. The molecule has 1 aliphatic heterocycles. The van der Waals surface area contributed by atoms with Gasteiger partial charge in [0.1, 0.15) is 12.0 Å². The van der Waals surface area contributed by atoms with Crippen molar-refractivity contribution in [3.63, 3.8) is 0 Å². The van der Waals surface area contributed by atoms with Crippen LogP contribution in [0.25, 0.3) is 0 Å². The lowest BCUT2D eigenvalue weighted by atomic mass is 10.1. The molecule has 1 atom stereocenters. The van der Waals surface area contributed by atoms with E-state index in [1.165, 1.54) is 30.5 Å². The Kier molecular flexibility index (Phi) is 5.10. The molecule has 2 aromatic rings. The van der Waals surface area contributed by atoms with Crippen molar-refractivity contribution in [1.29, 1.82) is 0 Å². The smallest absolute Gasteiger partial charge is 0.244 e. The largest absolute Gasteiger partial charge is 0.507 e. The van der Waals surface area contributed by atoms with Crippen molar-refractivity contribution in [3.8, 4) is 5.75 Å². The zero-order valence-electron chi connectivity index (χ0n) is 13.6. The van der Waals surface area contributed by atoms with Gasteiger partial charge in [-0.1, -0.05) is 41.9 Å². The molecule has 128 valence electrons. The summed E-state index contributed by atoms with van der Waals surface area (Å²) in [4.78, 5) is 12.2. The number of phenolic OH excluding ortho intramolecular Hbond substituents is 1. The first-order chi connectivity index (χ1) is 12.0. The highest BCUT2D eigenvalue weighted by molar-refractivity contribution is 6.32. The summed E-state index contributed by atoms with van der Waals surface area (Å²) in [7, 11) is 0. The van der Waals surface area contributed by atoms with Gasteiger partial charge in [0, 0.05) is 11.4 Å². The average Bonchev–Trinajstić information content (AvgIpc) is 3.04. The molecule has 0 fully saturated rings. The van der Waals surface area contributed by atoms with Crippen molar-refractivity contribution in [1.82, 2.24) is 0 Å². The highest BCUT2D eigenvalue weighted by atomic mass is 35.5. The summed E-state index contributed by atoms with van der Waals surface area (Å²) in [6.07, 6.45) is 4.50. The first-order valence-electron chi connectivity index (χ1n) is 7.80. The van der Waals surface area contributed by atoms with Gasteiger partial charge in [-0.05, 0) is 42.3 Å². The molecule has 0 aliphatic carbocycles. The van der Waals surface area contributed by atoms with E-state index in [0.29, 0.717) is 22.8 Å². The van der Waals surface area contributed by atoms with Crippen molar-refractivity contribution < 1.29 is 19.4 Å². The molecule has 0 aromatic heterocycles. The van der Waals surface area contributed by atoms with E-state index in [2.05, 4.69) is 0 Å². The van der Waals surface area contributed by atoms with Crippen LogP contribution in [-0.2, 0) is 15.9 Å². The second kappa shape index (κ2) is 7.45. The van der Waals surface area contributed by atoms with Crippen LogP contribution in [-0.4, -0.2) is 17.2 Å². The van der Waals surface area contributed by atoms with E-state index in [-0.39, 0.29) is 17.1 Å². The Bertz CT molecular complexity index is 840. The molecule has 3 rings (SSSR count). The Hall–Kier alpha value is -2.72. The van der Waals surface area contributed by atoms with Gasteiger partial charge in [-0.15, -0.1) is 0 Å². The summed E-state index contributed by atoms with van der Waals surface area (Å²) in [5, 5.41) is 10.3. The summed E-state index contributed by atoms with van der Waals surface area (Å²) in [5.74, 6) is -0.0153. The van der Waals surface area contributed by atoms with E-state index >= 15 is 0 Å². The summed E-state index contributed by atoms with van der Waals surface area (Å²) >= 11 is 6.01. The van der Waals surface area contributed by atoms with Crippen LogP contribution in [0.5, 0.6) is 5.75 Å². The Morgan fingerprint density at radius 2 is 2.04 bits per heavy atom. The van der Waals surface area contributed by atoms with E-state index < -0.39 is 6.29 Å². The van der Waals surface area contributed by atoms with Crippen molar-refractivity contribution in [3.05, 3.63) is 88.4 Å². The number of hydrogen-bond acceptors (Lipinski definition) is 4. The van der Waals surface area contributed by atoms with E-state index in [0.717, 1.165) is 5.56 Å². The number of ketones is 1. The third kappa shape index (κ3) is 4.22. The zero-order chi connectivity index (χ0) is 17.8. The predicted octanol–water partition coefficient (Wildman–Crippen LogP) is 4.55. The number of aromatic hydroxyl groups is 1. The van der Waals surface area contributed by atoms with Crippen molar-refractivity contribution in [2.45, 2.75) is 19.6 Å². The molecule has 1 aliphatic rings. The van der Waals surface area contributed by atoms with Crippen LogP contribution in [0.15, 0.2) is 66.6 Å². The van der Waals surface area contributed by atoms with Gasteiger partial charge >= 0.3 is 0 Å². The summed E-state index contributed by atoms with van der Waals surface area (Å²) < 4.78 is 11.1. The number of carbonyl (C=O) groups excluding carboxylic acids is 1. The van der Waals surface area contributed by atoms with Crippen molar-refractivity contribution >= 4 is 17.4 Å². The maximum absolute atomic E-state index is 12.2. The standard InChI is InChI=1S/C20H17ClO4/c1-13-9-19(23)16(11-17(13)21)18(22)8-7-15-12-24-20(25-15)10-14-5-3-2-4-6-14/h2-9,11-12,20,23H,10H2,1H3. The fourth-order valence-electron chi connectivity index (χ4n) is 2.44. The van der Waals surface area contributed by atoms with Crippen LogP contribution < -0.4 is 0 Å². The quantitative estimate of drug-likeness (QED) is 0.630. The maximum atomic E-state index is 12.2. The average molecular weight is 357 g/mol. The minimum atomic E-state index is -0.417. The van der Waals surface area contributed by atoms with E-state index in [9.17, 15) is 9.90 Å². The fourth-order valence-corrected chi connectivity index (χ4v) is 2.60. The molecule has 1 unspecified atom stereocenters. The molecule has 0 spiro atoms. The molecular weight excluding hydrogens is 340 g/mol. The number of phenols is 1. The first-order valence-corrected chi connectivity index (χ1v) is 8.18. The molecular formula is C20H17ClO4. The van der Waals surface area contributed by atoms with Crippen LogP contribution in [0.1, 0.15) is 21.5 Å². The van der Waals surface area contributed by atoms with Crippen molar-refractivity contribution in [2.24, 2.45) is 0 Å². The number of benzene rings is 2. The zero-order valence-corrected chi connectivity index (χ0v) is 14.4. The summed E-state index contributed by atoms with van der Waals surface area (Å²) in [5.41, 5.74) is 1.95. The van der Waals surface area contributed by atoms with Gasteiger partial charge in [0.05, 0.1) is 5.56 Å². The van der Waals surface area contributed by atoms with Gasteiger partial charge in [0.25, 0.3) is 0 Å². The number of allylic oxidation sites excluding steroid dienone is 2. The molecule has 2 aromatic carbocycles. The molecule has 5 heteroatoms. The Morgan fingerprint density at radius 3 is 2.80 bits per heavy atom. The molecule has 0 bridgehead atoms. The van der Waals surface area contributed by atoms with E-state index in [1.807, 2.05) is 30.3 Å². The van der Waals surface area contributed by atoms with Gasteiger partial charge in [-0.25, -0.2) is 0 Å². The molecule has 1 N–H and O–H groups in total. The second-order valence-corrected chi connectivity index (χ2v) is 6.12. The van der Waals surface area contributed by atoms with Crippen LogP contribution in [0.2, 0.25) is 5.02 Å². The summed E-state index contributed by atoms with van der Waals surface area (Å²) in [6.45, 7) is 1.76. The van der Waals surface area contributed by atoms with Gasteiger partial charge in [-0.2, -0.15) is 0 Å². The molecule has 0 saturated carbocycles. The SMILES string of the molecule is Cc1cc(O)c(C(=O)C=CC2=COC(Cc3ccccc3)O2)cc1Cl. The van der Waals surface area contributed by atoms with Gasteiger partial charge in [-0.3, -0.25) is 4.79 Å². The van der Waals surface area contributed by atoms with Gasteiger partial charge in [0.2, 0.25) is 6.29 Å².